The van der Waals surface area contributed by atoms with Gasteiger partial charge in [0.15, 0.2) is 0 Å². The number of aliphatic hydroxyl groups is 1. The molecule has 124 valence electrons. The number of ether oxygens (including phenoxy) is 1. The number of thiophene rings is 1. The summed E-state index contributed by atoms with van der Waals surface area (Å²) in [5, 5.41) is 14.2. The first-order valence-corrected chi connectivity index (χ1v) is 9.08. The minimum Gasteiger partial charge on any atom is -0.492 e. The number of rotatable bonds is 8. The van der Waals surface area contributed by atoms with Crippen LogP contribution in [0.25, 0.3) is 0 Å². The second-order valence-electron chi connectivity index (χ2n) is 6.23. The highest BCUT2D eigenvalue weighted by Gasteiger charge is 2.31. The Balaban J connectivity index is 1.82. The summed E-state index contributed by atoms with van der Waals surface area (Å²) in [5.74, 6) is 0.874. The zero-order valence-electron chi connectivity index (χ0n) is 13.6. The standard InChI is InChI=1S/C21H22O2S/c22-16-21(13-18-7-3-1-4-8-18,14-19-9-5-2-6-10-19)17-23-20-11-12-24-15-20/h1-12,15,22H,13-14,16-17H2. The van der Waals surface area contributed by atoms with Crippen LogP contribution in [0, 0.1) is 5.41 Å². The molecule has 0 bridgehead atoms. The highest BCUT2D eigenvalue weighted by Crippen LogP contribution is 2.29. The molecule has 1 heterocycles. The number of hydrogen-bond donors (Lipinski definition) is 1. The van der Waals surface area contributed by atoms with Crippen molar-refractivity contribution in [2.24, 2.45) is 5.41 Å². The van der Waals surface area contributed by atoms with Crippen LogP contribution in [0.3, 0.4) is 0 Å². The quantitative estimate of drug-likeness (QED) is 0.651. The molecule has 0 saturated carbocycles. The lowest BCUT2D eigenvalue weighted by Crippen LogP contribution is -2.37. The molecule has 0 radical (unpaired) electrons. The van der Waals surface area contributed by atoms with Gasteiger partial charge in [0.25, 0.3) is 0 Å². The van der Waals surface area contributed by atoms with E-state index < -0.39 is 0 Å². The predicted octanol–water partition coefficient (Wildman–Crippen LogP) is 4.59. The van der Waals surface area contributed by atoms with Crippen molar-refractivity contribution >= 4 is 11.3 Å². The third-order valence-electron chi connectivity index (χ3n) is 4.22. The third kappa shape index (κ3) is 4.47. The van der Waals surface area contributed by atoms with Gasteiger partial charge >= 0.3 is 0 Å². The van der Waals surface area contributed by atoms with E-state index >= 15 is 0 Å². The van der Waals surface area contributed by atoms with Crippen LogP contribution in [0.4, 0.5) is 0 Å². The van der Waals surface area contributed by atoms with Gasteiger partial charge in [-0.3, -0.25) is 0 Å². The highest BCUT2D eigenvalue weighted by atomic mass is 32.1. The molecule has 0 aliphatic heterocycles. The van der Waals surface area contributed by atoms with E-state index in [-0.39, 0.29) is 12.0 Å². The molecule has 0 amide bonds. The minimum absolute atomic E-state index is 0.0843. The second-order valence-corrected chi connectivity index (χ2v) is 7.01. The normalized spacial score (nSPS) is 11.4. The molecular formula is C21H22O2S. The Kier molecular flexibility index (Phi) is 5.68. The Morgan fingerprint density at radius 3 is 1.88 bits per heavy atom. The van der Waals surface area contributed by atoms with Gasteiger partial charge in [-0.15, -0.1) is 11.3 Å². The SMILES string of the molecule is OCC(COc1ccsc1)(Cc1ccccc1)Cc1ccccc1. The molecule has 2 aromatic carbocycles. The molecule has 0 saturated heterocycles. The zero-order valence-corrected chi connectivity index (χ0v) is 14.4. The molecule has 1 N–H and O–H groups in total. The molecule has 2 nitrogen and oxygen atoms in total. The lowest BCUT2D eigenvalue weighted by molar-refractivity contribution is 0.0661. The summed E-state index contributed by atoms with van der Waals surface area (Å²) in [6.45, 7) is 0.574. The lowest BCUT2D eigenvalue weighted by Gasteiger charge is -2.32. The summed E-state index contributed by atoms with van der Waals surface area (Å²) in [7, 11) is 0. The zero-order chi connectivity index (χ0) is 16.7. The van der Waals surface area contributed by atoms with Gasteiger partial charge in [0.2, 0.25) is 0 Å². The van der Waals surface area contributed by atoms with E-state index in [1.54, 1.807) is 11.3 Å². The van der Waals surface area contributed by atoms with E-state index in [0.717, 1.165) is 18.6 Å². The van der Waals surface area contributed by atoms with Gasteiger partial charge in [-0.1, -0.05) is 60.7 Å². The Hall–Kier alpha value is -2.10. The maximum absolute atomic E-state index is 10.3. The van der Waals surface area contributed by atoms with Gasteiger partial charge in [0.1, 0.15) is 5.75 Å². The minimum atomic E-state index is -0.343. The Labute approximate surface area is 147 Å². The molecule has 0 aliphatic rings. The Morgan fingerprint density at radius 2 is 1.42 bits per heavy atom. The van der Waals surface area contributed by atoms with Gasteiger partial charge in [-0.2, -0.15) is 0 Å². The summed E-state index contributed by atoms with van der Waals surface area (Å²) in [6.07, 6.45) is 1.56. The number of hydrogen-bond acceptors (Lipinski definition) is 3. The van der Waals surface area contributed by atoms with Crippen LogP contribution in [-0.4, -0.2) is 18.3 Å². The fraction of sp³-hybridized carbons (Fsp3) is 0.238. The first-order valence-electron chi connectivity index (χ1n) is 8.13. The largest absolute Gasteiger partial charge is 0.492 e. The molecule has 0 spiro atoms. The number of aliphatic hydroxyl groups excluding tert-OH is 1. The first kappa shape index (κ1) is 16.7. The van der Waals surface area contributed by atoms with Gasteiger partial charge < -0.3 is 9.84 Å². The molecule has 3 heteroatoms. The van der Waals surface area contributed by atoms with Crippen LogP contribution < -0.4 is 4.74 Å². The molecule has 0 atom stereocenters. The van der Waals surface area contributed by atoms with Crippen molar-refractivity contribution in [3.63, 3.8) is 0 Å². The first-order chi connectivity index (χ1) is 11.8. The summed E-state index contributed by atoms with van der Waals surface area (Å²) in [4.78, 5) is 0. The fourth-order valence-corrected chi connectivity index (χ4v) is 3.52. The van der Waals surface area contributed by atoms with Crippen LogP contribution in [0.1, 0.15) is 11.1 Å². The summed E-state index contributed by atoms with van der Waals surface area (Å²) in [6, 6.07) is 22.6. The van der Waals surface area contributed by atoms with Crippen molar-refractivity contribution in [1.82, 2.24) is 0 Å². The van der Waals surface area contributed by atoms with Crippen molar-refractivity contribution in [3.05, 3.63) is 88.6 Å². The smallest absolute Gasteiger partial charge is 0.129 e. The monoisotopic (exact) mass is 338 g/mol. The molecule has 3 aromatic rings. The van der Waals surface area contributed by atoms with Gasteiger partial charge in [0.05, 0.1) is 13.2 Å². The fourth-order valence-electron chi connectivity index (χ4n) is 2.95. The van der Waals surface area contributed by atoms with E-state index in [1.165, 1.54) is 11.1 Å². The number of benzene rings is 2. The van der Waals surface area contributed by atoms with Crippen molar-refractivity contribution < 1.29 is 9.84 Å². The van der Waals surface area contributed by atoms with Crippen molar-refractivity contribution in [2.45, 2.75) is 12.8 Å². The average Bonchev–Trinajstić information content (AvgIpc) is 3.15. The van der Waals surface area contributed by atoms with E-state index in [4.69, 9.17) is 4.74 Å². The van der Waals surface area contributed by atoms with E-state index in [1.807, 2.05) is 53.2 Å². The predicted molar refractivity (Wildman–Crippen MR) is 99.6 cm³/mol. The maximum Gasteiger partial charge on any atom is 0.129 e. The Morgan fingerprint density at radius 1 is 0.833 bits per heavy atom. The van der Waals surface area contributed by atoms with Crippen molar-refractivity contribution in [2.75, 3.05) is 13.2 Å². The van der Waals surface area contributed by atoms with Crippen LogP contribution >= 0.6 is 11.3 Å². The van der Waals surface area contributed by atoms with Crippen LogP contribution in [-0.2, 0) is 12.8 Å². The lowest BCUT2D eigenvalue weighted by atomic mass is 9.78. The maximum atomic E-state index is 10.3. The van der Waals surface area contributed by atoms with Gasteiger partial charge in [-0.05, 0) is 35.4 Å². The van der Waals surface area contributed by atoms with Gasteiger partial charge in [-0.25, -0.2) is 0 Å². The summed E-state index contributed by atoms with van der Waals surface area (Å²) < 4.78 is 6.00. The average molecular weight is 338 g/mol. The highest BCUT2D eigenvalue weighted by molar-refractivity contribution is 7.08. The molecule has 0 fully saturated rings. The second kappa shape index (κ2) is 8.13. The van der Waals surface area contributed by atoms with Crippen LogP contribution in [0.5, 0.6) is 5.75 Å². The van der Waals surface area contributed by atoms with Crippen molar-refractivity contribution in [1.29, 1.82) is 0 Å². The summed E-state index contributed by atoms with van der Waals surface area (Å²) >= 11 is 1.62. The van der Waals surface area contributed by atoms with Crippen molar-refractivity contribution in [3.8, 4) is 5.75 Å². The molecule has 0 unspecified atom stereocenters. The van der Waals surface area contributed by atoms with E-state index in [2.05, 4.69) is 24.3 Å². The van der Waals surface area contributed by atoms with Gasteiger partial charge in [0, 0.05) is 10.8 Å². The van der Waals surface area contributed by atoms with E-state index in [9.17, 15) is 5.11 Å². The molecule has 3 rings (SSSR count). The third-order valence-corrected chi connectivity index (χ3v) is 4.88. The molecule has 0 aliphatic carbocycles. The van der Waals surface area contributed by atoms with Crippen LogP contribution in [0.15, 0.2) is 77.5 Å². The molecule has 24 heavy (non-hydrogen) atoms. The molecule has 1 aromatic heterocycles. The van der Waals surface area contributed by atoms with Crippen LogP contribution in [0.2, 0.25) is 0 Å². The Bertz CT molecular complexity index is 667. The van der Waals surface area contributed by atoms with E-state index in [0.29, 0.717) is 6.61 Å². The molecular weight excluding hydrogens is 316 g/mol. The topological polar surface area (TPSA) is 29.5 Å². The summed E-state index contributed by atoms with van der Waals surface area (Å²) in [5.41, 5.74) is 2.10.